The van der Waals surface area contributed by atoms with Gasteiger partial charge in [0.1, 0.15) is 34.5 Å². The largest absolute Gasteiger partial charge is 0.491 e. The Balaban J connectivity index is 2.30. The van der Waals surface area contributed by atoms with E-state index in [0.29, 0.717) is 34.5 Å². The van der Waals surface area contributed by atoms with E-state index in [1.165, 1.54) is 0 Å². The molecule has 0 bridgehead atoms. The standard InChI is InChI=1S/C25H27O6/c1-26-19-7-16(8-20(13-19)27-2)25(17-9-21(28-3)14-22(10-17)29-4)18-11-23(30-5)15-24(12-18)31-6/h7-15H,1-6H3/q+1. The van der Waals surface area contributed by atoms with Crippen LogP contribution in [0.1, 0.15) is 16.7 Å². The highest BCUT2D eigenvalue weighted by molar-refractivity contribution is 5.64. The molecule has 0 aliphatic heterocycles. The van der Waals surface area contributed by atoms with Crippen LogP contribution in [-0.4, -0.2) is 42.7 Å². The minimum Gasteiger partial charge on any atom is -0.491 e. The predicted octanol–water partition coefficient (Wildman–Crippen LogP) is 4.76. The Kier molecular flexibility index (Phi) is 7.03. The second-order valence-electron chi connectivity index (χ2n) is 6.68. The molecule has 0 aliphatic carbocycles. The molecule has 0 unspecified atom stereocenters. The zero-order valence-corrected chi connectivity index (χ0v) is 18.6. The molecule has 0 atom stereocenters. The highest BCUT2D eigenvalue weighted by atomic mass is 16.5. The zero-order chi connectivity index (χ0) is 22.4. The first-order chi connectivity index (χ1) is 15.0. The fourth-order valence-corrected chi connectivity index (χ4v) is 3.36. The molecule has 0 spiro atoms. The maximum Gasteiger partial charge on any atom is 0.147 e. The molecule has 3 aromatic rings. The summed E-state index contributed by atoms with van der Waals surface area (Å²) in [5, 5.41) is 0. The van der Waals surface area contributed by atoms with Crippen LogP contribution in [-0.2, 0) is 0 Å². The highest BCUT2D eigenvalue weighted by Crippen LogP contribution is 2.40. The van der Waals surface area contributed by atoms with Crippen molar-refractivity contribution in [1.82, 2.24) is 0 Å². The van der Waals surface area contributed by atoms with E-state index < -0.39 is 0 Å². The Morgan fingerprint density at radius 2 is 0.548 bits per heavy atom. The molecule has 0 radical (unpaired) electrons. The molecule has 0 saturated carbocycles. The summed E-state index contributed by atoms with van der Waals surface area (Å²) in [5.41, 5.74) is 2.67. The Morgan fingerprint density at radius 3 is 0.710 bits per heavy atom. The Bertz CT molecular complexity index is 832. The zero-order valence-electron chi connectivity index (χ0n) is 18.6. The van der Waals surface area contributed by atoms with Gasteiger partial charge in [-0.05, 0) is 0 Å². The summed E-state index contributed by atoms with van der Waals surface area (Å²) in [7, 11) is 9.76. The number of ether oxygens (including phenoxy) is 6. The molecule has 3 rings (SSSR count). The van der Waals surface area contributed by atoms with Crippen LogP contribution < -0.4 is 28.4 Å². The lowest BCUT2D eigenvalue weighted by molar-refractivity contribution is 0.392. The molecule has 0 aromatic heterocycles. The number of benzene rings is 3. The smallest absolute Gasteiger partial charge is 0.147 e. The number of hydrogen-bond acceptors (Lipinski definition) is 6. The van der Waals surface area contributed by atoms with Gasteiger partial charge in [-0.3, -0.25) is 0 Å². The molecule has 0 N–H and O–H groups in total. The van der Waals surface area contributed by atoms with Crippen LogP contribution in [0.2, 0.25) is 0 Å². The van der Waals surface area contributed by atoms with Gasteiger partial charge in [0, 0.05) is 54.6 Å². The van der Waals surface area contributed by atoms with Gasteiger partial charge in [0.05, 0.1) is 65.3 Å². The Labute approximate surface area is 183 Å². The number of methoxy groups -OCH3 is 6. The molecule has 6 heteroatoms. The predicted molar refractivity (Wildman–Crippen MR) is 119 cm³/mol. The summed E-state index contributed by atoms with van der Waals surface area (Å²) < 4.78 is 33.0. The molecule has 0 fully saturated rings. The summed E-state index contributed by atoms with van der Waals surface area (Å²) in [6.45, 7) is 0. The van der Waals surface area contributed by atoms with Gasteiger partial charge in [-0.25, -0.2) is 0 Å². The molecular weight excluding hydrogens is 396 g/mol. The SMILES string of the molecule is COc1cc(OC)cc([C+](c2cc(OC)cc(OC)c2)c2cc(OC)cc(OC)c2)c1. The van der Waals surface area contributed by atoms with Crippen molar-refractivity contribution in [1.29, 1.82) is 0 Å². The van der Waals surface area contributed by atoms with Crippen LogP contribution in [0.5, 0.6) is 34.5 Å². The van der Waals surface area contributed by atoms with Crippen LogP contribution in [0.15, 0.2) is 54.6 Å². The minimum absolute atomic E-state index is 0.677. The van der Waals surface area contributed by atoms with E-state index in [1.54, 1.807) is 42.7 Å². The second-order valence-corrected chi connectivity index (χ2v) is 6.68. The van der Waals surface area contributed by atoms with E-state index in [2.05, 4.69) is 0 Å². The fraction of sp³-hybridized carbons (Fsp3) is 0.240. The van der Waals surface area contributed by atoms with Gasteiger partial charge in [-0.1, -0.05) is 0 Å². The van der Waals surface area contributed by atoms with Crippen molar-refractivity contribution in [3.63, 3.8) is 0 Å². The Morgan fingerprint density at radius 1 is 0.355 bits per heavy atom. The maximum atomic E-state index is 5.51. The summed E-state index contributed by atoms with van der Waals surface area (Å²) >= 11 is 0. The number of hydrogen-bond donors (Lipinski definition) is 0. The molecule has 0 aliphatic rings. The molecule has 162 valence electrons. The van der Waals surface area contributed by atoms with E-state index >= 15 is 0 Å². The van der Waals surface area contributed by atoms with Crippen LogP contribution in [0.3, 0.4) is 0 Å². The Hall–Kier alpha value is -3.67. The monoisotopic (exact) mass is 423 g/mol. The van der Waals surface area contributed by atoms with Crippen molar-refractivity contribution in [3.8, 4) is 34.5 Å². The highest BCUT2D eigenvalue weighted by Gasteiger charge is 2.27. The van der Waals surface area contributed by atoms with E-state index in [1.807, 2.05) is 54.6 Å². The van der Waals surface area contributed by atoms with Crippen LogP contribution in [0.4, 0.5) is 0 Å². The van der Waals surface area contributed by atoms with Crippen molar-refractivity contribution >= 4 is 0 Å². The van der Waals surface area contributed by atoms with Gasteiger partial charge < -0.3 is 28.4 Å². The maximum absolute atomic E-state index is 5.51. The van der Waals surface area contributed by atoms with Crippen molar-refractivity contribution < 1.29 is 28.4 Å². The first kappa shape index (κ1) is 22.0. The summed E-state index contributed by atoms with van der Waals surface area (Å²) in [5.74, 6) is 4.97. The fourth-order valence-electron chi connectivity index (χ4n) is 3.36. The van der Waals surface area contributed by atoms with Crippen molar-refractivity contribution in [3.05, 3.63) is 77.2 Å². The van der Waals surface area contributed by atoms with E-state index in [4.69, 9.17) is 28.4 Å². The summed E-state index contributed by atoms with van der Waals surface area (Å²) in [6.07, 6.45) is 0. The molecule has 0 amide bonds. The second kappa shape index (κ2) is 9.89. The third-order valence-electron chi connectivity index (χ3n) is 4.92. The summed E-state index contributed by atoms with van der Waals surface area (Å²) in [6, 6.07) is 17.2. The lowest BCUT2D eigenvalue weighted by Gasteiger charge is -2.18. The average molecular weight is 423 g/mol. The molecule has 6 nitrogen and oxygen atoms in total. The van der Waals surface area contributed by atoms with Crippen molar-refractivity contribution in [2.75, 3.05) is 42.7 Å². The van der Waals surface area contributed by atoms with Gasteiger partial charge in [0.2, 0.25) is 0 Å². The van der Waals surface area contributed by atoms with E-state index in [9.17, 15) is 0 Å². The van der Waals surface area contributed by atoms with Crippen LogP contribution in [0, 0.1) is 5.92 Å². The molecule has 0 heterocycles. The lowest BCUT2D eigenvalue weighted by Crippen LogP contribution is -2.07. The molecular formula is C25H27O6+. The van der Waals surface area contributed by atoms with Crippen molar-refractivity contribution in [2.24, 2.45) is 0 Å². The van der Waals surface area contributed by atoms with Crippen molar-refractivity contribution in [2.45, 2.75) is 0 Å². The quantitative estimate of drug-likeness (QED) is 0.365. The number of rotatable bonds is 9. The third kappa shape index (κ3) is 4.91. The van der Waals surface area contributed by atoms with Gasteiger partial charge >= 0.3 is 0 Å². The molecule has 0 saturated heterocycles. The minimum atomic E-state index is 0.677. The first-order valence-corrected chi connectivity index (χ1v) is 9.62. The third-order valence-corrected chi connectivity index (χ3v) is 4.92. The van der Waals surface area contributed by atoms with Crippen LogP contribution in [0.25, 0.3) is 0 Å². The van der Waals surface area contributed by atoms with E-state index in [0.717, 1.165) is 22.6 Å². The topological polar surface area (TPSA) is 55.4 Å². The van der Waals surface area contributed by atoms with Gasteiger partial charge in [-0.2, -0.15) is 0 Å². The van der Waals surface area contributed by atoms with Gasteiger partial charge in [-0.15, -0.1) is 0 Å². The first-order valence-electron chi connectivity index (χ1n) is 9.62. The lowest BCUT2D eigenvalue weighted by atomic mass is 9.84. The van der Waals surface area contributed by atoms with Crippen LogP contribution >= 0.6 is 0 Å². The van der Waals surface area contributed by atoms with Gasteiger partial charge in [0.25, 0.3) is 0 Å². The van der Waals surface area contributed by atoms with E-state index in [-0.39, 0.29) is 0 Å². The normalized spacial score (nSPS) is 10.3. The van der Waals surface area contributed by atoms with Gasteiger partial charge in [0.15, 0.2) is 0 Å². The molecule has 31 heavy (non-hydrogen) atoms. The summed E-state index contributed by atoms with van der Waals surface area (Å²) in [4.78, 5) is 0. The average Bonchev–Trinajstić information content (AvgIpc) is 2.83. The molecule has 3 aromatic carbocycles.